The van der Waals surface area contributed by atoms with Gasteiger partial charge in [-0.25, -0.2) is 4.79 Å². The van der Waals surface area contributed by atoms with Gasteiger partial charge in [0, 0.05) is 5.69 Å². The number of hydrogen-bond donors (Lipinski definition) is 3. The number of hydrogen-bond acceptors (Lipinski definition) is 3. The summed E-state index contributed by atoms with van der Waals surface area (Å²) in [6.07, 6.45) is 5.11. The highest BCUT2D eigenvalue weighted by Crippen LogP contribution is 2.30. The molecule has 0 saturated carbocycles. The number of carboxylic acid groups (broad SMARTS) is 1. The van der Waals surface area contributed by atoms with Crippen LogP contribution in [0.2, 0.25) is 0 Å². The van der Waals surface area contributed by atoms with Crippen molar-refractivity contribution in [1.29, 1.82) is 0 Å². The number of anilines is 1. The van der Waals surface area contributed by atoms with Crippen molar-refractivity contribution in [2.24, 2.45) is 5.73 Å². The highest BCUT2D eigenvalue weighted by Gasteiger charge is 2.20. The Kier molecular flexibility index (Phi) is 5.71. The maximum absolute atomic E-state index is 11.6. The molecule has 0 spiro atoms. The Morgan fingerprint density at radius 2 is 1.80 bits per heavy atom. The molecule has 1 aliphatic rings. The third kappa shape index (κ3) is 4.20. The maximum Gasteiger partial charge on any atom is 0.326 e. The minimum atomic E-state index is -0.800. The Morgan fingerprint density at radius 1 is 1.04 bits per heavy atom. The largest absolute Gasteiger partial charge is 0.480 e. The fourth-order valence-electron chi connectivity index (χ4n) is 3.61. The summed E-state index contributed by atoms with van der Waals surface area (Å²) in [5.74, 6) is -0.800. The lowest BCUT2D eigenvalue weighted by Crippen LogP contribution is -2.30. The van der Waals surface area contributed by atoms with E-state index in [-0.39, 0.29) is 0 Å². The molecule has 4 heteroatoms. The Morgan fingerprint density at radius 3 is 2.56 bits per heavy atom. The van der Waals surface area contributed by atoms with E-state index < -0.39 is 12.0 Å². The molecule has 2 aromatic rings. The van der Waals surface area contributed by atoms with E-state index in [0.717, 1.165) is 37.8 Å². The predicted molar refractivity (Wildman–Crippen MR) is 101 cm³/mol. The van der Waals surface area contributed by atoms with Crippen LogP contribution in [-0.4, -0.2) is 23.7 Å². The Balaban J connectivity index is 1.82. The van der Waals surface area contributed by atoms with Gasteiger partial charge >= 0.3 is 5.97 Å². The normalized spacial score (nSPS) is 14.1. The minimum Gasteiger partial charge on any atom is -0.480 e. The summed E-state index contributed by atoms with van der Waals surface area (Å²) in [5.41, 5.74) is 11.8. The third-order valence-corrected chi connectivity index (χ3v) is 4.99. The fourth-order valence-corrected chi connectivity index (χ4v) is 3.61. The smallest absolute Gasteiger partial charge is 0.326 e. The van der Waals surface area contributed by atoms with E-state index in [4.69, 9.17) is 5.73 Å². The number of nitrogens with one attached hydrogen (secondary N) is 1. The highest BCUT2D eigenvalue weighted by molar-refractivity contribution is 5.78. The standard InChI is InChI=1S/C21H26N2O2/c22-13-4-3-9-20(21(24)25)23-19-10-5-8-17-14-16-7-2-1-6-15(16)11-12-18(17)19/h1-2,5-8,10,20,23H,3-4,9,11-14,22H2,(H,24,25)/t20-/m0/s1. The molecule has 0 radical (unpaired) electrons. The number of carboxylic acids is 1. The number of unbranched alkanes of at least 4 members (excludes halogenated alkanes) is 1. The number of aliphatic carboxylic acids is 1. The van der Waals surface area contributed by atoms with Gasteiger partial charge in [0.25, 0.3) is 0 Å². The molecule has 25 heavy (non-hydrogen) atoms. The molecular weight excluding hydrogens is 312 g/mol. The molecule has 4 nitrogen and oxygen atoms in total. The van der Waals surface area contributed by atoms with E-state index in [9.17, 15) is 9.90 Å². The zero-order valence-corrected chi connectivity index (χ0v) is 14.5. The summed E-state index contributed by atoms with van der Waals surface area (Å²) in [7, 11) is 0. The van der Waals surface area contributed by atoms with Crippen LogP contribution in [0.1, 0.15) is 41.5 Å². The molecule has 0 heterocycles. The summed E-state index contributed by atoms with van der Waals surface area (Å²) < 4.78 is 0. The van der Waals surface area contributed by atoms with Gasteiger partial charge in [-0.1, -0.05) is 36.4 Å². The molecule has 0 aliphatic heterocycles. The van der Waals surface area contributed by atoms with Crippen molar-refractivity contribution in [3.63, 3.8) is 0 Å². The van der Waals surface area contributed by atoms with E-state index in [1.807, 2.05) is 12.1 Å². The maximum atomic E-state index is 11.6. The molecule has 0 amide bonds. The molecule has 1 atom stereocenters. The number of aryl methyl sites for hydroxylation is 1. The highest BCUT2D eigenvalue weighted by atomic mass is 16.4. The first-order valence-corrected chi connectivity index (χ1v) is 9.06. The molecule has 4 N–H and O–H groups in total. The van der Waals surface area contributed by atoms with E-state index in [0.29, 0.717) is 13.0 Å². The molecule has 2 aromatic carbocycles. The van der Waals surface area contributed by atoms with Crippen molar-refractivity contribution in [2.45, 2.75) is 44.6 Å². The van der Waals surface area contributed by atoms with E-state index in [2.05, 4.69) is 35.6 Å². The lowest BCUT2D eigenvalue weighted by atomic mass is 9.98. The minimum absolute atomic E-state index is 0.566. The second-order valence-electron chi connectivity index (χ2n) is 6.71. The average Bonchev–Trinajstić information content (AvgIpc) is 2.80. The molecule has 0 bridgehead atoms. The van der Waals surface area contributed by atoms with Crippen molar-refractivity contribution in [2.75, 3.05) is 11.9 Å². The number of fused-ring (bicyclic) bond motifs is 2. The van der Waals surface area contributed by atoms with Gasteiger partial charge in [0.2, 0.25) is 0 Å². The van der Waals surface area contributed by atoms with E-state index >= 15 is 0 Å². The summed E-state index contributed by atoms with van der Waals surface area (Å²) in [4.78, 5) is 11.6. The zero-order chi connectivity index (χ0) is 17.6. The van der Waals surface area contributed by atoms with Crippen LogP contribution in [0.3, 0.4) is 0 Å². The van der Waals surface area contributed by atoms with Gasteiger partial charge < -0.3 is 16.2 Å². The first kappa shape index (κ1) is 17.5. The summed E-state index contributed by atoms with van der Waals surface area (Å²) in [5, 5.41) is 12.8. The van der Waals surface area contributed by atoms with Crippen LogP contribution in [-0.2, 0) is 24.1 Å². The Bertz CT molecular complexity index is 742. The molecule has 0 unspecified atom stereocenters. The average molecular weight is 338 g/mol. The first-order valence-electron chi connectivity index (χ1n) is 9.06. The van der Waals surface area contributed by atoms with Crippen molar-refractivity contribution < 1.29 is 9.90 Å². The molecule has 132 valence electrons. The van der Waals surface area contributed by atoms with Gasteiger partial charge in [-0.2, -0.15) is 0 Å². The lowest BCUT2D eigenvalue weighted by Gasteiger charge is -2.20. The second-order valence-corrected chi connectivity index (χ2v) is 6.71. The predicted octanol–water partition coefficient (Wildman–Crippen LogP) is 3.37. The monoisotopic (exact) mass is 338 g/mol. The molecular formula is C21H26N2O2. The second kappa shape index (κ2) is 8.17. The molecule has 0 saturated heterocycles. The Labute approximate surface area is 149 Å². The fraction of sp³-hybridized carbons (Fsp3) is 0.381. The summed E-state index contributed by atoms with van der Waals surface area (Å²) >= 11 is 0. The van der Waals surface area contributed by atoms with Crippen molar-refractivity contribution >= 4 is 11.7 Å². The zero-order valence-electron chi connectivity index (χ0n) is 14.5. The number of benzene rings is 2. The summed E-state index contributed by atoms with van der Waals surface area (Å²) in [6.45, 7) is 0.603. The number of rotatable bonds is 7. The number of carbonyl (C=O) groups is 1. The summed E-state index contributed by atoms with van der Waals surface area (Å²) in [6, 6.07) is 14.2. The molecule has 1 aliphatic carbocycles. The van der Waals surface area contributed by atoms with Crippen LogP contribution < -0.4 is 11.1 Å². The lowest BCUT2D eigenvalue weighted by molar-refractivity contribution is -0.138. The SMILES string of the molecule is NCCCC[C@H](Nc1cccc2c1CCc1ccccc1C2)C(=O)O. The van der Waals surface area contributed by atoms with Gasteiger partial charge in [-0.15, -0.1) is 0 Å². The van der Waals surface area contributed by atoms with Crippen molar-refractivity contribution in [3.8, 4) is 0 Å². The van der Waals surface area contributed by atoms with Crippen LogP contribution in [0.25, 0.3) is 0 Å². The van der Waals surface area contributed by atoms with Gasteiger partial charge in [0.15, 0.2) is 0 Å². The van der Waals surface area contributed by atoms with Crippen LogP contribution in [0, 0.1) is 0 Å². The third-order valence-electron chi connectivity index (χ3n) is 4.99. The van der Waals surface area contributed by atoms with Crippen LogP contribution >= 0.6 is 0 Å². The molecule has 0 aromatic heterocycles. The van der Waals surface area contributed by atoms with Gasteiger partial charge in [0.1, 0.15) is 6.04 Å². The number of nitrogens with two attached hydrogens (primary N) is 1. The van der Waals surface area contributed by atoms with Crippen molar-refractivity contribution in [3.05, 3.63) is 64.7 Å². The van der Waals surface area contributed by atoms with Crippen LogP contribution in [0.15, 0.2) is 42.5 Å². The van der Waals surface area contributed by atoms with Gasteiger partial charge in [0.05, 0.1) is 0 Å². The van der Waals surface area contributed by atoms with E-state index in [1.54, 1.807) is 0 Å². The molecule has 0 fully saturated rings. The van der Waals surface area contributed by atoms with Gasteiger partial charge in [-0.3, -0.25) is 0 Å². The quantitative estimate of drug-likeness (QED) is 0.677. The van der Waals surface area contributed by atoms with Crippen molar-refractivity contribution in [1.82, 2.24) is 0 Å². The van der Waals surface area contributed by atoms with Gasteiger partial charge in [-0.05, 0) is 73.4 Å². The van der Waals surface area contributed by atoms with Crippen LogP contribution in [0.4, 0.5) is 5.69 Å². The van der Waals surface area contributed by atoms with E-state index in [1.165, 1.54) is 22.3 Å². The first-order chi connectivity index (χ1) is 12.2. The Hall–Kier alpha value is -2.33. The topological polar surface area (TPSA) is 75.3 Å². The molecule has 3 rings (SSSR count). The van der Waals surface area contributed by atoms with Crippen LogP contribution in [0.5, 0.6) is 0 Å².